The number of Topliss-reactive ketones (excluding diaryl/α,β-unsaturated/α-hetero) is 1. The quantitative estimate of drug-likeness (QED) is 0.541. The van der Waals surface area contributed by atoms with Crippen LogP contribution in [-0.4, -0.2) is 36.3 Å². The summed E-state index contributed by atoms with van der Waals surface area (Å²) in [6, 6.07) is 14.0. The molecule has 1 heterocycles. The van der Waals surface area contributed by atoms with E-state index < -0.39 is 0 Å². The largest absolute Gasteiger partial charge is 0.309 e. The number of hydrogen-bond acceptors (Lipinski definition) is 3. The second-order valence-electron chi connectivity index (χ2n) is 5.93. The number of rotatable bonds is 4. The number of carbonyl (C=O) groups excluding carboxylic acids is 1. The fourth-order valence-corrected chi connectivity index (χ4v) is 2.81. The van der Waals surface area contributed by atoms with Crippen molar-refractivity contribution >= 4 is 27.6 Å². The van der Waals surface area contributed by atoms with Gasteiger partial charge in [0.2, 0.25) is 0 Å². The fraction of sp³-hybridized carbons (Fsp3) is 0.263. The predicted molar refractivity (Wildman–Crippen MR) is 91.5 cm³/mol. The number of aryl methyl sites for hydroxylation is 1. The minimum absolute atomic E-state index is 0.154. The lowest BCUT2D eigenvalue weighted by molar-refractivity contribution is 0.0974. The van der Waals surface area contributed by atoms with Gasteiger partial charge in [0, 0.05) is 29.3 Å². The van der Waals surface area contributed by atoms with Crippen LogP contribution in [0.4, 0.5) is 0 Å². The number of pyridine rings is 1. The van der Waals surface area contributed by atoms with Crippen molar-refractivity contribution in [2.24, 2.45) is 0 Å². The highest BCUT2D eigenvalue weighted by Crippen LogP contribution is 2.27. The van der Waals surface area contributed by atoms with Crippen LogP contribution in [-0.2, 0) is 0 Å². The topological polar surface area (TPSA) is 33.2 Å². The summed E-state index contributed by atoms with van der Waals surface area (Å²) < 4.78 is 0. The zero-order valence-corrected chi connectivity index (χ0v) is 13.3. The molecule has 3 rings (SSSR count). The van der Waals surface area contributed by atoms with Crippen molar-refractivity contribution in [2.45, 2.75) is 13.3 Å². The average Bonchev–Trinajstić information content (AvgIpc) is 2.52. The molecule has 0 aliphatic rings. The first-order valence-corrected chi connectivity index (χ1v) is 7.54. The molecule has 3 nitrogen and oxygen atoms in total. The van der Waals surface area contributed by atoms with Gasteiger partial charge < -0.3 is 4.90 Å². The molecule has 0 unspecified atom stereocenters. The van der Waals surface area contributed by atoms with Gasteiger partial charge in [-0.15, -0.1) is 0 Å². The smallest absolute Gasteiger partial charge is 0.166 e. The van der Waals surface area contributed by atoms with Crippen molar-refractivity contribution in [2.75, 3.05) is 20.6 Å². The van der Waals surface area contributed by atoms with Gasteiger partial charge in [-0.25, -0.2) is 4.98 Å². The molecule has 0 fully saturated rings. The molecule has 0 bridgehead atoms. The second-order valence-corrected chi connectivity index (χ2v) is 5.93. The first-order chi connectivity index (χ1) is 10.6. The minimum atomic E-state index is 0.154. The van der Waals surface area contributed by atoms with Crippen LogP contribution in [0.3, 0.4) is 0 Å². The first-order valence-electron chi connectivity index (χ1n) is 7.54. The van der Waals surface area contributed by atoms with Gasteiger partial charge in [-0.1, -0.05) is 30.3 Å². The lowest BCUT2D eigenvalue weighted by atomic mass is 9.98. The number of benzene rings is 2. The molecule has 0 N–H and O–H groups in total. The number of fused-ring (bicyclic) bond motifs is 2. The second kappa shape index (κ2) is 5.85. The molecular weight excluding hydrogens is 272 g/mol. The Balaban J connectivity index is 2.18. The monoisotopic (exact) mass is 292 g/mol. The van der Waals surface area contributed by atoms with Crippen LogP contribution >= 0.6 is 0 Å². The Morgan fingerprint density at radius 2 is 1.77 bits per heavy atom. The van der Waals surface area contributed by atoms with Gasteiger partial charge in [-0.05, 0) is 38.7 Å². The summed E-state index contributed by atoms with van der Waals surface area (Å²) in [4.78, 5) is 19.3. The molecule has 0 atom stereocenters. The maximum absolute atomic E-state index is 12.5. The SMILES string of the molecule is Cc1c2ccccc2nc2c(C(=O)CCN(C)C)cccc12. The molecule has 3 heteroatoms. The molecule has 3 aromatic rings. The summed E-state index contributed by atoms with van der Waals surface area (Å²) in [6.45, 7) is 2.85. The Labute approximate surface area is 130 Å². The molecule has 1 aromatic heterocycles. The summed E-state index contributed by atoms with van der Waals surface area (Å²) in [5, 5.41) is 2.21. The Morgan fingerprint density at radius 3 is 2.55 bits per heavy atom. The lowest BCUT2D eigenvalue weighted by Gasteiger charge is -2.12. The van der Waals surface area contributed by atoms with Crippen molar-refractivity contribution in [3.8, 4) is 0 Å². The van der Waals surface area contributed by atoms with Crippen LogP contribution in [0.15, 0.2) is 42.5 Å². The summed E-state index contributed by atoms with van der Waals surface area (Å²) in [5.41, 5.74) is 3.68. The molecular formula is C19H20N2O. The van der Waals surface area contributed by atoms with Gasteiger partial charge in [0.15, 0.2) is 5.78 Å². The maximum Gasteiger partial charge on any atom is 0.166 e. The van der Waals surface area contributed by atoms with Crippen LogP contribution in [0.2, 0.25) is 0 Å². The molecule has 0 aliphatic carbocycles. The van der Waals surface area contributed by atoms with Crippen LogP contribution < -0.4 is 0 Å². The third-order valence-electron chi connectivity index (χ3n) is 4.07. The van der Waals surface area contributed by atoms with E-state index >= 15 is 0 Å². The number of nitrogens with zero attached hydrogens (tertiary/aromatic N) is 2. The van der Waals surface area contributed by atoms with E-state index in [0.29, 0.717) is 6.42 Å². The van der Waals surface area contributed by atoms with Gasteiger partial charge >= 0.3 is 0 Å². The highest BCUT2D eigenvalue weighted by atomic mass is 16.1. The van der Waals surface area contributed by atoms with E-state index in [2.05, 4.69) is 13.0 Å². The third kappa shape index (κ3) is 2.60. The van der Waals surface area contributed by atoms with E-state index in [1.807, 2.05) is 55.4 Å². The Hall–Kier alpha value is -2.26. The number of ketones is 1. The van der Waals surface area contributed by atoms with Crippen LogP contribution in [0.1, 0.15) is 22.3 Å². The molecule has 0 spiro atoms. The average molecular weight is 292 g/mol. The van der Waals surface area contributed by atoms with Crippen molar-refractivity contribution < 1.29 is 4.79 Å². The zero-order chi connectivity index (χ0) is 15.7. The number of hydrogen-bond donors (Lipinski definition) is 0. The van der Waals surface area contributed by atoms with Crippen LogP contribution in [0, 0.1) is 6.92 Å². The molecule has 0 saturated heterocycles. The molecule has 0 amide bonds. The van der Waals surface area contributed by atoms with E-state index in [0.717, 1.165) is 33.9 Å². The highest BCUT2D eigenvalue weighted by Gasteiger charge is 2.14. The van der Waals surface area contributed by atoms with Gasteiger partial charge in [-0.3, -0.25) is 4.79 Å². The van der Waals surface area contributed by atoms with E-state index in [1.165, 1.54) is 5.56 Å². The minimum Gasteiger partial charge on any atom is -0.309 e. The van der Waals surface area contributed by atoms with Gasteiger partial charge in [0.1, 0.15) is 0 Å². The van der Waals surface area contributed by atoms with Gasteiger partial charge in [-0.2, -0.15) is 0 Å². The molecule has 0 saturated carbocycles. The molecule has 2 aromatic carbocycles. The normalized spacial score (nSPS) is 11.5. The Bertz CT molecular complexity index is 853. The molecule has 0 aliphatic heterocycles. The highest BCUT2D eigenvalue weighted by molar-refractivity contribution is 6.10. The molecule has 0 radical (unpaired) electrons. The lowest BCUT2D eigenvalue weighted by Crippen LogP contribution is -2.17. The first kappa shape index (κ1) is 14.7. The number of carbonyl (C=O) groups is 1. The summed E-state index contributed by atoms with van der Waals surface area (Å²) in [6.07, 6.45) is 0.514. The van der Waals surface area contributed by atoms with E-state index in [-0.39, 0.29) is 5.78 Å². The van der Waals surface area contributed by atoms with Gasteiger partial charge in [0.25, 0.3) is 0 Å². The van der Waals surface area contributed by atoms with Crippen molar-refractivity contribution in [1.29, 1.82) is 0 Å². The van der Waals surface area contributed by atoms with Crippen molar-refractivity contribution in [1.82, 2.24) is 9.88 Å². The van der Waals surface area contributed by atoms with Crippen LogP contribution in [0.25, 0.3) is 21.8 Å². The fourth-order valence-electron chi connectivity index (χ4n) is 2.81. The number of aromatic nitrogens is 1. The predicted octanol–water partition coefficient (Wildman–Crippen LogP) is 3.83. The van der Waals surface area contributed by atoms with E-state index in [4.69, 9.17) is 4.98 Å². The standard InChI is InChI=1S/C19H20N2O/c1-13-14-7-4-5-10-17(14)20-19-15(13)8-6-9-16(19)18(22)11-12-21(2)3/h4-10H,11-12H2,1-3H3. The van der Waals surface area contributed by atoms with Crippen molar-refractivity contribution in [3.63, 3.8) is 0 Å². The zero-order valence-electron chi connectivity index (χ0n) is 13.3. The van der Waals surface area contributed by atoms with Gasteiger partial charge in [0.05, 0.1) is 11.0 Å². The maximum atomic E-state index is 12.5. The Morgan fingerprint density at radius 1 is 1.05 bits per heavy atom. The molecule has 22 heavy (non-hydrogen) atoms. The number of para-hydroxylation sites is 2. The van der Waals surface area contributed by atoms with E-state index in [1.54, 1.807) is 0 Å². The van der Waals surface area contributed by atoms with E-state index in [9.17, 15) is 4.79 Å². The van der Waals surface area contributed by atoms with Crippen LogP contribution in [0.5, 0.6) is 0 Å². The third-order valence-corrected chi connectivity index (χ3v) is 4.07. The Kier molecular flexibility index (Phi) is 3.90. The summed E-state index contributed by atoms with van der Waals surface area (Å²) >= 11 is 0. The summed E-state index contributed by atoms with van der Waals surface area (Å²) in [7, 11) is 3.96. The van der Waals surface area contributed by atoms with Crippen molar-refractivity contribution in [3.05, 3.63) is 53.6 Å². The summed E-state index contributed by atoms with van der Waals surface area (Å²) in [5.74, 6) is 0.154. The molecule has 112 valence electrons.